The van der Waals surface area contributed by atoms with Crippen LogP contribution in [0, 0.1) is 11.3 Å². The van der Waals surface area contributed by atoms with E-state index in [1.807, 2.05) is 20.8 Å². The highest BCUT2D eigenvalue weighted by Gasteiger charge is 2.29. The Kier molecular flexibility index (Phi) is 6.45. The first-order chi connectivity index (χ1) is 9.74. The highest BCUT2D eigenvalue weighted by molar-refractivity contribution is 5.75. The van der Waals surface area contributed by atoms with Gasteiger partial charge in [-0.2, -0.15) is 0 Å². The molecule has 2 amide bonds. The zero-order valence-corrected chi connectivity index (χ0v) is 13.2. The lowest BCUT2D eigenvalue weighted by Gasteiger charge is -2.33. The molecule has 0 bridgehead atoms. The fourth-order valence-corrected chi connectivity index (χ4v) is 2.72. The Morgan fingerprint density at radius 2 is 1.76 bits per heavy atom. The highest BCUT2D eigenvalue weighted by atomic mass is 16.4. The molecule has 6 nitrogen and oxygen atoms in total. The van der Waals surface area contributed by atoms with E-state index in [1.165, 1.54) is 0 Å². The van der Waals surface area contributed by atoms with Gasteiger partial charge in [-0.15, -0.1) is 0 Å². The quantitative estimate of drug-likeness (QED) is 0.621. The second-order valence-electron chi connectivity index (χ2n) is 6.94. The molecule has 0 aromatic heterocycles. The Bertz CT molecular complexity index is 357. The van der Waals surface area contributed by atoms with Gasteiger partial charge >= 0.3 is 12.0 Å². The monoisotopic (exact) mass is 300 g/mol. The van der Waals surface area contributed by atoms with Crippen LogP contribution in [-0.2, 0) is 4.79 Å². The van der Waals surface area contributed by atoms with E-state index >= 15 is 0 Å². The summed E-state index contributed by atoms with van der Waals surface area (Å²) in [6, 6.07) is -0.296. The van der Waals surface area contributed by atoms with Gasteiger partial charge in [0.1, 0.15) is 0 Å². The lowest BCUT2D eigenvalue weighted by Crippen LogP contribution is -2.51. The van der Waals surface area contributed by atoms with Gasteiger partial charge in [-0.25, -0.2) is 4.79 Å². The van der Waals surface area contributed by atoms with Gasteiger partial charge in [-0.3, -0.25) is 4.79 Å². The largest absolute Gasteiger partial charge is 0.481 e. The molecule has 1 fully saturated rings. The third-order valence-electron chi connectivity index (χ3n) is 4.18. The van der Waals surface area contributed by atoms with E-state index < -0.39 is 5.97 Å². The number of carbonyl (C=O) groups excluding carboxylic acids is 1. The molecular formula is C15H28N2O4. The van der Waals surface area contributed by atoms with Crippen LogP contribution in [-0.4, -0.2) is 40.9 Å². The molecule has 1 aliphatic rings. The first-order valence-corrected chi connectivity index (χ1v) is 7.64. The van der Waals surface area contributed by atoms with Crippen LogP contribution in [0.4, 0.5) is 4.79 Å². The number of amides is 2. The summed E-state index contributed by atoms with van der Waals surface area (Å²) in [6.45, 7) is 6.09. The number of carbonyl (C=O) groups is 2. The molecule has 1 saturated carbocycles. The van der Waals surface area contributed by atoms with Crippen molar-refractivity contribution in [1.29, 1.82) is 0 Å². The summed E-state index contributed by atoms with van der Waals surface area (Å²) < 4.78 is 0. The summed E-state index contributed by atoms with van der Waals surface area (Å²) in [5.41, 5.74) is -0.124. The van der Waals surface area contributed by atoms with E-state index in [9.17, 15) is 9.59 Å². The average Bonchev–Trinajstić information content (AvgIpc) is 2.37. The summed E-state index contributed by atoms with van der Waals surface area (Å²) in [4.78, 5) is 22.9. The molecular weight excluding hydrogens is 272 g/mol. The predicted molar refractivity (Wildman–Crippen MR) is 80.0 cm³/mol. The van der Waals surface area contributed by atoms with E-state index in [4.69, 9.17) is 10.2 Å². The number of urea groups is 1. The van der Waals surface area contributed by atoms with Crippen LogP contribution in [0.1, 0.15) is 52.9 Å². The zero-order chi connectivity index (χ0) is 16.0. The van der Waals surface area contributed by atoms with Crippen LogP contribution in [0.5, 0.6) is 0 Å². The second-order valence-corrected chi connectivity index (χ2v) is 6.94. The maximum Gasteiger partial charge on any atom is 0.315 e. The van der Waals surface area contributed by atoms with Crippen molar-refractivity contribution in [2.75, 3.05) is 6.61 Å². The van der Waals surface area contributed by atoms with Crippen molar-refractivity contribution in [2.45, 2.75) is 65.0 Å². The third-order valence-corrected chi connectivity index (χ3v) is 4.18. The molecule has 0 radical (unpaired) electrons. The Balaban J connectivity index is 2.41. The molecule has 4 N–H and O–H groups in total. The Morgan fingerprint density at radius 1 is 1.19 bits per heavy atom. The van der Waals surface area contributed by atoms with Crippen LogP contribution < -0.4 is 10.6 Å². The number of aliphatic hydroxyl groups is 1. The fourth-order valence-electron chi connectivity index (χ4n) is 2.72. The van der Waals surface area contributed by atoms with Gasteiger partial charge in [0.15, 0.2) is 0 Å². The van der Waals surface area contributed by atoms with Gasteiger partial charge in [-0.05, 0) is 37.5 Å². The van der Waals surface area contributed by atoms with Crippen molar-refractivity contribution in [3.63, 3.8) is 0 Å². The topological polar surface area (TPSA) is 98.7 Å². The molecule has 0 aromatic rings. The maximum absolute atomic E-state index is 12.0. The molecule has 1 atom stereocenters. The molecule has 1 rings (SSSR count). The normalized spacial score (nSPS) is 24.2. The lowest BCUT2D eigenvalue weighted by molar-refractivity contribution is -0.142. The number of aliphatic hydroxyl groups excluding tert-OH is 1. The van der Waals surface area contributed by atoms with Crippen molar-refractivity contribution < 1.29 is 19.8 Å². The minimum atomic E-state index is -0.742. The minimum absolute atomic E-state index is 0.0337. The number of aliphatic carboxylic acids is 1. The number of nitrogens with one attached hydrogen (secondary N) is 2. The van der Waals surface area contributed by atoms with Gasteiger partial charge in [0, 0.05) is 18.7 Å². The van der Waals surface area contributed by atoms with Gasteiger partial charge in [-0.1, -0.05) is 20.8 Å². The summed E-state index contributed by atoms with van der Waals surface area (Å²) in [7, 11) is 0. The SMILES string of the molecule is CC(C)(C)C(CCO)NC(=O)NC1CCC(C(=O)O)CC1. The Hall–Kier alpha value is -1.30. The van der Waals surface area contributed by atoms with Crippen LogP contribution in [0.2, 0.25) is 0 Å². The maximum atomic E-state index is 12.0. The number of carboxylic acid groups (broad SMARTS) is 1. The molecule has 0 spiro atoms. The summed E-state index contributed by atoms with van der Waals surface area (Å²) in [6.07, 6.45) is 3.14. The molecule has 0 aromatic carbocycles. The molecule has 0 saturated heterocycles. The van der Waals surface area contributed by atoms with Gasteiger partial charge in [0.25, 0.3) is 0 Å². The van der Waals surface area contributed by atoms with Crippen LogP contribution >= 0.6 is 0 Å². The van der Waals surface area contributed by atoms with E-state index in [2.05, 4.69) is 10.6 Å². The molecule has 1 unspecified atom stereocenters. The third kappa shape index (κ3) is 5.91. The minimum Gasteiger partial charge on any atom is -0.481 e. The van der Waals surface area contributed by atoms with Crippen LogP contribution in [0.3, 0.4) is 0 Å². The number of rotatable bonds is 5. The van der Waals surface area contributed by atoms with Crippen molar-refractivity contribution in [2.24, 2.45) is 11.3 Å². The second kappa shape index (κ2) is 7.64. The zero-order valence-electron chi connectivity index (χ0n) is 13.2. The van der Waals surface area contributed by atoms with E-state index in [1.54, 1.807) is 0 Å². The Morgan fingerprint density at radius 3 is 2.19 bits per heavy atom. The van der Waals surface area contributed by atoms with E-state index in [-0.39, 0.29) is 36.1 Å². The van der Waals surface area contributed by atoms with Crippen molar-refractivity contribution in [3.8, 4) is 0 Å². The number of hydrogen-bond donors (Lipinski definition) is 4. The van der Waals surface area contributed by atoms with Gasteiger partial charge < -0.3 is 20.8 Å². The first kappa shape index (κ1) is 17.8. The smallest absolute Gasteiger partial charge is 0.315 e. The van der Waals surface area contributed by atoms with Gasteiger partial charge in [0.05, 0.1) is 5.92 Å². The van der Waals surface area contributed by atoms with E-state index in [0.29, 0.717) is 32.1 Å². The predicted octanol–water partition coefficient (Wildman–Crippen LogP) is 1.73. The van der Waals surface area contributed by atoms with Crippen molar-refractivity contribution in [1.82, 2.24) is 10.6 Å². The van der Waals surface area contributed by atoms with Crippen molar-refractivity contribution in [3.05, 3.63) is 0 Å². The molecule has 0 aliphatic heterocycles. The van der Waals surface area contributed by atoms with Crippen LogP contribution in [0.15, 0.2) is 0 Å². The molecule has 21 heavy (non-hydrogen) atoms. The molecule has 122 valence electrons. The lowest BCUT2D eigenvalue weighted by atomic mass is 9.85. The highest BCUT2D eigenvalue weighted by Crippen LogP contribution is 2.25. The van der Waals surface area contributed by atoms with Crippen LogP contribution in [0.25, 0.3) is 0 Å². The van der Waals surface area contributed by atoms with Gasteiger partial charge in [0.2, 0.25) is 0 Å². The standard InChI is InChI=1S/C15H28N2O4/c1-15(2,3)12(8-9-18)17-14(21)16-11-6-4-10(5-7-11)13(19)20/h10-12,18H,4-9H2,1-3H3,(H,19,20)(H2,16,17,21). The fraction of sp³-hybridized carbons (Fsp3) is 0.867. The Labute approximate surface area is 126 Å². The average molecular weight is 300 g/mol. The molecule has 6 heteroatoms. The summed E-state index contributed by atoms with van der Waals surface area (Å²) in [5.74, 6) is -1.02. The first-order valence-electron chi connectivity index (χ1n) is 7.64. The van der Waals surface area contributed by atoms with E-state index in [0.717, 1.165) is 0 Å². The molecule has 0 heterocycles. The number of hydrogen-bond acceptors (Lipinski definition) is 3. The van der Waals surface area contributed by atoms with Crippen molar-refractivity contribution >= 4 is 12.0 Å². The number of carboxylic acids is 1. The summed E-state index contributed by atoms with van der Waals surface area (Å²) >= 11 is 0. The molecule has 1 aliphatic carbocycles. The summed E-state index contributed by atoms with van der Waals surface area (Å²) in [5, 5.41) is 23.9.